The third-order valence-electron chi connectivity index (χ3n) is 7.58. The number of hydrogen-bond donors (Lipinski definition) is 1. The van der Waals surface area contributed by atoms with Crippen LogP contribution in [0.5, 0.6) is 0 Å². The zero-order valence-corrected chi connectivity index (χ0v) is 23.3. The first-order chi connectivity index (χ1) is 19.7. The average molecular weight is 580 g/mol. The molecule has 2 aliphatic heterocycles. The molecule has 0 fully saturated rings. The van der Waals surface area contributed by atoms with Crippen LogP contribution in [0.25, 0.3) is 16.7 Å². The molecule has 2 atom stereocenters. The molecule has 5 rings (SSSR count). The molecule has 0 spiro atoms. The first kappa shape index (κ1) is 28.4. The van der Waals surface area contributed by atoms with Crippen molar-refractivity contribution in [3.63, 3.8) is 0 Å². The van der Waals surface area contributed by atoms with E-state index in [-0.39, 0.29) is 46.9 Å². The fourth-order valence-corrected chi connectivity index (χ4v) is 5.49. The molecule has 0 saturated heterocycles. The van der Waals surface area contributed by atoms with Gasteiger partial charge in [0.2, 0.25) is 11.8 Å². The molecule has 0 unspecified atom stereocenters. The van der Waals surface area contributed by atoms with Gasteiger partial charge in [0.15, 0.2) is 5.82 Å². The largest absolute Gasteiger partial charge is 0.469 e. The standard InChI is InChI=1S/C31H28ClF2N3O4/c1-17-4-3-5-26(37-16-20(15-27(37)38)29-23(33)9-8-22(32)30(29)34)25-14-19(10-11-35-25)21-7-6-18(13-28(39)41-2)12-24(21)36-31(17)40/h6-12,14-15,17,26H,3-5,13,16H2,1-2H3,(H,36,40)/t17-,26+/m1/s1. The zero-order chi connectivity index (χ0) is 29.3. The van der Waals surface area contributed by atoms with E-state index in [0.29, 0.717) is 36.2 Å². The van der Waals surface area contributed by atoms with Gasteiger partial charge in [-0.3, -0.25) is 19.4 Å². The number of amides is 2. The van der Waals surface area contributed by atoms with Crippen LogP contribution in [0, 0.1) is 17.6 Å². The van der Waals surface area contributed by atoms with Crippen molar-refractivity contribution >= 4 is 40.6 Å². The Morgan fingerprint density at radius 1 is 1.15 bits per heavy atom. The third kappa shape index (κ3) is 5.86. The van der Waals surface area contributed by atoms with Gasteiger partial charge < -0.3 is 15.0 Å². The van der Waals surface area contributed by atoms with Crippen LogP contribution in [0.15, 0.2) is 54.7 Å². The van der Waals surface area contributed by atoms with E-state index < -0.39 is 23.6 Å². The van der Waals surface area contributed by atoms with E-state index in [2.05, 4.69) is 10.3 Å². The number of fused-ring (bicyclic) bond motifs is 4. The number of methoxy groups -OCH3 is 1. The van der Waals surface area contributed by atoms with Crippen LogP contribution < -0.4 is 5.32 Å². The van der Waals surface area contributed by atoms with Crippen LogP contribution in [-0.2, 0) is 25.5 Å². The van der Waals surface area contributed by atoms with Gasteiger partial charge in [-0.25, -0.2) is 8.78 Å². The molecule has 2 amide bonds. The van der Waals surface area contributed by atoms with Crippen molar-refractivity contribution in [1.82, 2.24) is 9.88 Å². The number of pyridine rings is 1. The van der Waals surface area contributed by atoms with Crippen molar-refractivity contribution < 1.29 is 27.9 Å². The predicted octanol–water partition coefficient (Wildman–Crippen LogP) is 6.12. The monoisotopic (exact) mass is 579 g/mol. The number of nitrogens with one attached hydrogen (secondary N) is 1. The van der Waals surface area contributed by atoms with Gasteiger partial charge in [-0.15, -0.1) is 0 Å². The number of carbonyl (C=O) groups excluding carboxylic acids is 3. The average Bonchev–Trinajstić information content (AvgIpc) is 3.33. The van der Waals surface area contributed by atoms with Gasteiger partial charge in [-0.2, -0.15) is 0 Å². The molecule has 0 aliphatic carbocycles. The molecule has 212 valence electrons. The highest BCUT2D eigenvalue weighted by atomic mass is 35.5. The quantitative estimate of drug-likeness (QED) is 0.297. The van der Waals surface area contributed by atoms with Crippen molar-refractivity contribution in [2.45, 2.75) is 38.6 Å². The number of hydrogen-bond acceptors (Lipinski definition) is 5. The van der Waals surface area contributed by atoms with Crippen LogP contribution in [0.3, 0.4) is 0 Å². The van der Waals surface area contributed by atoms with Gasteiger partial charge in [0, 0.05) is 36.0 Å². The fourth-order valence-electron chi connectivity index (χ4n) is 5.34. The maximum Gasteiger partial charge on any atom is 0.309 e. The summed E-state index contributed by atoms with van der Waals surface area (Å²) in [6.45, 7) is 1.81. The zero-order valence-electron chi connectivity index (χ0n) is 22.5. The summed E-state index contributed by atoms with van der Waals surface area (Å²) >= 11 is 5.91. The van der Waals surface area contributed by atoms with E-state index in [1.165, 1.54) is 13.2 Å². The molecule has 10 heteroatoms. The Labute approximate surface area is 241 Å². The minimum Gasteiger partial charge on any atom is -0.469 e. The van der Waals surface area contributed by atoms with E-state index in [0.717, 1.165) is 23.3 Å². The summed E-state index contributed by atoms with van der Waals surface area (Å²) in [7, 11) is 1.32. The Hall–Kier alpha value is -4.11. The summed E-state index contributed by atoms with van der Waals surface area (Å²) in [5.74, 6) is -2.99. The van der Waals surface area contributed by atoms with Crippen LogP contribution in [0.4, 0.5) is 14.5 Å². The normalized spacial score (nSPS) is 19.0. The number of carbonyl (C=O) groups is 3. The van der Waals surface area contributed by atoms with Crippen molar-refractivity contribution in [3.05, 3.63) is 88.2 Å². The van der Waals surface area contributed by atoms with E-state index in [1.807, 2.05) is 19.1 Å². The minimum atomic E-state index is -0.908. The number of benzene rings is 2. The topological polar surface area (TPSA) is 88.6 Å². The first-order valence-corrected chi connectivity index (χ1v) is 13.7. The van der Waals surface area contributed by atoms with E-state index in [1.54, 1.807) is 29.3 Å². The van der Waals surface area contributed by atoms with Crippen molar-refractivity contribution in [2.24, 2.45) is 5.92 Å². The summed E-state index contributed by atoms with van der Waals surface area (Å²) < 4.78 is 34.2. The Balaban J connectivity index is 1.53. The summed E-state index contributed by atoms with van der Waals surface area (Å²) in [6.07, 6.45) is 4.56. The Kier molecular flexibility index (Phi) is 8.17. The van der Waals surface area contributed by atoms with Crippen LogP contribution in [0.2, 0.25) is 5.02 Å². The fraction of sp³-hybridized carbons (Fsp3) is 0.290. The van der Waals surface area contributed by atoms with E-state index in [9.17, 15) is 23.2 Å². The Bertz CT molecular complexity index is 1570. The number of ether oxygens (including phenoxy) is 1. The molecule has 0 radical (unpaired) electrons. The van der Waals surface area contributed by atoms with Crippen molar-refractivity contribution in [2.75, 3.05) is 19.0 Å². The van der Waals surface area contributed by atoms with Crippen LogP contribution >= 0.6 is 11.6 Å². The number of esters is 1. The molecular formula is C31H28ClF2N3O4. The second kappa shape index (κ2) is 11.8. The first-order valence-electron chi connectivity index (χ1n) is 13.3. The lowest BCUT2D eigenvalue weighted by atomic mass is 9.94. The summed E-state index contributed by atoms with van der Waals surface area (Å²) in [5.41, 5.74) is 3.20. The third-order valence-corrected chi connectivity index (χ3v) is 7.87. The minimum absolute atomic E-state index is 0.0207. The van der Waals surface area contributed by atoms with Gasteiger partial charge in [-0.05, 0) is 59.9 Å². The van der Waals surface area contributed by atoms with Crippen molar-refractivity contribution in [1.29, 1.82) is 0 Å². The van der Waals surface area contributed by atoms with Gasteiger partial charge in [-0.1, -0.05) is 37.1 Å². The van der Waals surface area contributed by atoms with Gasteiger partial charge in [0.1, 0.15) is 5.82 Å². The molecule has 41 heavy (non-hydrogen) atoms. The Morgan fingerprint density at radius 2 is 1.95 bits per heavy atom. The second-order valence-electron chi connectivity index (χ2n) is 10.3. The summed E-state index contributed by atoms with van der Waals surface area (Å²) in [6, 6.07) is 10.7. The number of aromatic nitrogens is 1. The second-order valence-corrected chi connectivity index (χ2v) is 10.7. The number of anilines is 1. The van der Waals surface area contributed by atoms with Gasteiger partial charge in [0.25, 0.3) is 0 Å². The molecule has 3 aromatic rings. The maximum absolute atomic E-state index is 14.8. The molecule has 7 nitrogen and oxygen atoms in total. The lowest BCUT2D eigenvalue weighted by Gasteiger charge is -2.29. The van der Waals surface area contributed by atoms with Crippen LogP contribution in [-0.4, -0.2) is 41.3 Å². The summed E-state index contributed by atoms with van der Waals surface area (Å²) in [5, 5.41) is 2.79. The van der Waals surface area contributed by atoms with E-state index >= 15 is 0 Å². The number of nitrogens with zero attached hydrogens (tertiary/aromatic N) is 2. The van der Waals surface area contributed by atoms with Gasteiger partial charge >= 0.3 is 5.97 Å². The number of rotatable bonds is 4. The molecule has 3 heterocycles. The van der Waals surface area contributed by atoms with E-state index in [4.69, 9.17) is 16.3 Å². The van der Waals surface area contributed by atoms with Gasteiger partial charge in [0.05, 0.1) is 35.9 Å². The highest BCUT2D eigenvalue weighted by Crippen LogP contribution is 2.38. The molecule has 0 saturated carbocycles. The maximum atomic E-state index is 14.8. The van der Waals surface area contributed by atoms with Crippen molar-refractivity contribution in [3.8, 4) is 11.1 Å². The molecule has 2 bridgehead atoms. The van der Waals surface area contributed by atoms with Crippen LogP contribution in [0.1, 0.15) is 49.0 Å². The highest BCUT2D eigenvalue weighted by molar-refractivity contribution is 6.31. The SMILES string of the molecule is COC(=O)Cc1ccc2c(c1)NC(=O)[C@H](C)CCC[C@H](N1CC(c3c(F)ccc(Cl)c3F)=CC1=O)c1cc-2ccn1. The molecule has 2 aromatic carbocycles. The Morgan fingerprint density at radius 3 is 2.73 bits per heavy atom. The smallest absolute Gasteiger partial charge is 0.309 e. The summed E-state index contributed by atoms with van der Waals surface area (Å²) in [4.78, 5) is 44.4. The highest BCUT2D eigenvalue weighted by Gasteiger charge is 2.33. The predicted molar refractivity (Wildman–Crippen MR) is 151 cm³/mol. The lowest BCUT2D eigenvalue weighted by Crippen LogP contribution is -2.32. The molecule has 2 aliphatic rings. The molecule has 1 aromatic heterocycles. The molecule has 1 N–H and O–H groups in total. The molecular weight excluding hydrogens is 552 g/mol. The number of halogens is 3. The lowest BCUT2D eigenvalue weighted by molar-refractivity contribution is -0.139.